The Bertz CT molecular complexity index is 635. The molecular weight excluding hydrogens is 306 g/mol. The summed E-state index contributed by atoms with van der Waals surface area (Å²) >= 11 is 3.09. The Morgan fingerprint density at radius 2 is 2.22 bits per heavy atom. The van der Waals surface area contributed by atoms with E-state index in [9.17, 15) is 9.59 Å². The lowest BCUT2D eigenvalue weighted by atomic mass is 10.5. The molecule has 0 atom stereocenters. The Labute approximate surface area is 109 Å². The van der Waals surface area contributed by atoms with E-state index < -0.39 is 5.97 Å². The number of aromatic nitrogens is 5. The predicted molar refractivity (Wildman–Crippen MR) is 63.2 cm³/mol. The van der Waals surface area contributed by atoms with Crippen molar-refractivity contribution in [3.8, 4) is 0 Å². The molecule has 8 nitrogen and oxygen atoms in total. The zero-order valence-electron chi connectivity index (χ0n) is 9.02. The van der Waals surface area contributed by atoms with Crippen LogP contribution in [-0.4, -0.2) is 35.6 Å². The van der Waals surface area contributed by atoms with Gasteiger partial charge in [0.25, 0.3) is 5.56 Å². The third kappa shape index (κ3) is 2.62. The zero-order valence-corrected chi connectivity index (χ0v) is 10.6. The van der Waals surface area contributed by atoms with E-state index in [1.807, 2.05) is 0 Å². The number of carboxylic acid groups (broad SMARTS) is 1. The van der Waals surface area contributed by atoms with E-state index in [1.165, 1.54) is 28.0 Å². The third-order valence-electron chi connectivity index (χ3n) is 2.19. The van der Waals surface area contributed by atoms with Gasteiger partial charge in [-0.25, -0.2) is 14.5 Å². The summed E-state index contributed by atoms with van der Waals surface area (Å²) in [5.74, 6) is -1.14. The molecule has 0 aromatic carbocycles. The molecule has 2 rings (SSSR count). The second-order valence-corrected chi connectivity index (χ2v) is 4.27. The topological polar surface area (TPSA) is 103 Å². The first-order valence-electron chi connectivity index (χ1n) is 4.91. The van der Waals surface area contributed by atoms with Gasteiger partial charge >= 0.3 is 5.97 Å². The van der Waals surface area contributed by atoms with Gasteiger partial charge in [0.2, 0.25) is 0 Å². The molecule has 0 spiro atoms. The van der Waals surface area contributed by atoms with Crippen LogP contribution in [0.1, 0.15) is 10.5 Å². The standard InChI is InChI=1S/C9H8BrN5O3/c10-6-3-11-5-14(8(6)16)1-2-15-4-7(9(17)18)12-13-15/h3-5H,1-2H2,(H,17,18). The monoisotopic (exact) mass is 313 g/mol. The molecule has 94 valence electrons. The van der Waals surface area contributed by atoms with Gasteiger partial charge in [-0.3, -0.25) is 9.36 Å². The summed E-state index contributed by atoms with van der Waals surface area (Å²) < 4.78 is 3.12. The van der Waals surface area contributed by atoms with Gasteiger partial charge in [-0.05, 0) is 15.9 Å². The van der Waals surface area contributed by atoms with Gasteiger partial charge in [-0.15, -0.1) is 5.10 Å². The van der Waals surface area contributed by atoms with Crippen LogP contribution in [0.2, 0.25) is 0 Å². The fourth-order valence-corrected chi connectivity index (χ4v) is 1.65. The van der Waals surface area contributed by atoms with Gasteiger partial charge in [0.05, 0.1) is 19.1 Å². The maximum Gasteiger partial charge on any atom is 0.358 e. The molecule has 0 radical (unpaired) electrons. The number of hydrogen-bond donors (Lipinski definition) is 1. The van der Waals surface area contributed by atoms with Crippen LogP contribution in [0.4, 0.5) is 0 Å². The van der Waals surface area contributed by atoms with Crippen LogP contribution >= 0.6 is 15.9 Å². The highest BCUT2D eigenvalue weighted by atomic mass is 79.9. The molecule has 0 aliphatic carbocycles. The number of carbonyl (C=O) groups is 1. The number of rotatable bonds is 4. The van der Waals surface area contributed by atoms with Gasteiger partial charge in [0.1, 0.15) is 4.47 Å². The minimum Gasteiger partial charge on any atom is -0.476 e. The largest absolute Gasteiger partial charge is 0.476 e. The lowest BCUT2D eigenvalue weighted by molar-refractivity contribution is 0.0690. The second-order valence-electron chi connectivity index (χ2n) is 3.41. The molecule has 0 aliphatic heterocycles. The summed E-state index contributed by atoms with van der Waals surface area (Å²) in [5.41, 5.74) is -0.335. The molecule has 2 aromatic rings. The molecule has 0 bridgehead atoms. The molecule has 1 N–H and O–H groups in total. The molecule has 0 unspecified atom stereocenters. The van der Waals surface area contributed by atoms with E-state index in [1.54, 1.807) is 0 Å². The highest BCUT2D eigenvalue weighted by Gasteiger charge is 2.08. The minimum atomic E-state index is -1.14. The molecule has 2 heterocycles. The van der Waals surface area contributed by atoms with Crippen molar-refractivity contribution in [2.75, 3.05) is 0 Å². The van der Waals surface area contributed by atoms with Crippen LogP contribution in [0.3, 0.4) is 0 Å². The molecule has 0 aliphatic rings. The first-order chi connectivity index (χ1) is 8.58. The minimum absolute atomic E-state index is 0.130. The van der Waals surface area contributed by atoms with Crippen molar-refractivity contribution in [3.05, 3.63) is 39.2 Å². The normalized spacial score (nSPS) is 10.5. The lowest BCUT2D eigenvalue weighted by Gasteiger charge is -2.04. The fourth-order valence-electron chi connectivity index (χ4n) is 1.30. The van der Waals surface area contributed by atoms with Crippen LogP contribution in [0.15, 0.2) is 28.0 Å². The lowest BCUT2D eigenvalue weighted by Crippen LogP contribution is -2.23. The van der Waals surface area contributed by atoms with Crippen LogP contribution in [-0.2, 0) is 13.1 Å². The molecule has 0 saturated carbocycles. The van der Waals surface area contributed by atoms with E-state index in [-0.39, 0.29) is 11.3 Å². The van der Waals surface area contributed by atoms with E-state index in [2.05, 4.69) is 31.2 Å². The molecule has 2 aromatic heterocycles. The molecule has 0 fully saturated rings. The van der Waals surface area contributed by atoms with Crippen molar-refractivity contribution in [3.63, 3.8) is 0 Å². The molecule has 0 saturated heterocycles. The highest BCUT2D eigenvalue weighted by Crippen LogP contribution is 1.99. The Morgan fingerprint density at radius 1 is 1.44 bits per heavy atom. The van der Waals surface area contributed by atoms with Gasteiger partial charge in [-0.1, -0.05) is 5.21 Å². The van der Waals surface area contributed by atoms with E-state index in [0.29, 0.717) is 17.6 Å². The summed E-state index contributed by atoms with van der Waals surface area (Å²) in [7, 11) is 0. The number of aryl methyl sites for hydroxylation is 2. The maximum atomic E-state index is 11.6. The molecule has 9 heteroatoms. The van der Waals surface area contributed by atoms with Crippen molar-refractivity contribution in [1.82, 2.24) is 24.5 Å². The number of halogens is 1. The Balaban J connectivity index is 2.09. The first kappa shape index (κ1) is 12.4. The quantitative estimate of drug-likeness (QED) is 0.852. The van der Waals surface area contributed by atoms with Gasteiger partial charge < -0.3 is 5.11 Å². The van der Waals surface area contributed by atoms with Crippen LogP contribution in [0.5, 0.6) is 0 Å². The summed E-state index contributed by atoms with van der Waals surface area (Å²) in [6.07, 6.45) is 4.12. The van der Waals surface area contributed by atoms with E-state index in [4.69, 9.17) is 5.11 Å². The van der Waals surface area contributed by atoms with E-state index in [0.717, 1.165) is 0 Å². The summed E-state index contributed by atoms with van der Waals surface area (Å²) in [5, 5.41) is 15.8. The van der Waals surface area contributed by atoms with Gasteiger partial charge in [0, 0.05) is 12.7 Å². The molecule has 0 amide bonds. The average molecular weight is 314 g/mol. The van der Waals surface area contributed by atoms with Crippen LogP contribution < -0.4 is 5.56 Å². The van der Waals surface area contributed by atoms with Crippen molar-refractivity contribution in [2.45, 2.75) is 13.1 Å². The summed E-state index contributed by atoms with van der Waals surface area (Å²) in [4.78, 5) is 26.1. The van der Waals surface area contributed by atoms with Gasteiger partial charge in [-0.2, -0.15) is 0 Å². The molecular formula is C9H8BrN5O3. The van der Waals surface area contributed by atoms with Crippen molar-refractivity contribution < 1.29 is 9.90 Å². The van der Waals surface area contributed by atoms with Gasteiger partial charge in [0.15, 0.2) is 5.69 Å². The van der Waals surface area contributed by atoms with Crippen LogP contribution in [0, 0.1) is 0 Å². The summed E-state index contributed by atoms with van der Waals surface area (Å²) in [6, 6.07) is 0. The Hall–Kier alpha value is -2.03. The smallest absolute Gasteiger partial charge is 0.358 e. The van der Waals surface area contributed by atoms with Crippen molar-refractivity contribution in [1.29, 1.82) is 0 Å². The fraction of sp³-hybridized carbons (Fsp3) is 0.222. The first-order valence-corrected chi connectivity index (χ1v) is 5.70. The second kappa shape index (κ2) is 5.08. The third-order valence-corrected chi connectivity index (χ3v) is 2.73. The maximum absolute atomic E-state index is 11.6. The number of nitrogens with zero attached hydrogens (tertiary/aromatic N) is 5. The zero-order chi connectivity index (χ0) is 13.1. The highest BCUT2D eigenvalue weighted by molar-refractivity contribution is 9.10. The molecule has 18 heavy (non-hydrogen) atoms. The number of aromatic carboxylic acids is 1. The van der Waals surface area contributed by atoms with Crippen molar-refractivity contribution in [2.24, 2.45) is 0 Å². The van der Waals surface area contributed by atoms with E-state index >= 15 is 0 Å². The number of hydrogen-bond acceptors (Lipinski definition) is 5. The average Bonchev–Trinajstić information content (AvgIpc) is 2.80. The predicted octanol–water partition coefficient (Wildman–Crippen LogP) is -0.00430. The Kier molecular flexibility index (Phi) is 3.51. The number of carboxylic acids is 1. The summed E-state index contributed by atoms with van der Waals surface area (Å²) in [6.45, 7) is 0.659. The Morgan fingerprint density at radius 3 is 2.89 bits per heavy atom. The SMILES string of the molecule is O=C(O)c1cn(CCn2cncc(Br)c2=O)nn1. The van der Waals surface area contributed by atoms with Crippen LogP contribution in [0.25, 0.3) is 0 Å². The van der Waals surface area contributed by atoms with Crippen molar-refractivity contribution >= 4 is 21.9 Å².